The molecule has 1 aliphatic heterocycles. The maximum absolute atomic E-state index is 13.4. The van der Waals surface area contributed by atoms with Gasteiger partial charge in [-0.1, -0.05) is 34.9 Å². The lowest BCUT2D eigenvalue weighted by Crippen LogP contribution is -2.31. The fourth-order valence-corrected chi connectivity index (χ4v) is 3.40. The molecule has 0 unspecified atom stereocenters. The van der Waals surface area contributed by atoms with Crippen molar-refractivity contribution in [3.05, 3.63) is 76.2 Å². The molecule has 0 radical (unpaired) electrons. The van der Waals surface area contributed by atoms with E-state index in [1.807, 2.05) is 32.0 Å². The maximum atomic E-state index is 13.4. The fourth-order valence-electron chi connectivity index (χ4n) is 3.40. The van der Waals surface area contributed by atoms with Crippen molar-refractivity contribution < 1.29 is 9.18 Å². The molecule has 28 heavy (non-hydrogen) atoms. The number of hydrogen-bond acceptors (Lipinski definition) is 5. The number of halogens is 1. The molecule has 1 aliphatic rings. The van der Waals surface area contributed by atoms with Crippen LogP contribution in [0.1, 0.15) is 29.7 Å². The van der Waals surface area contributed by atoms with Crippen molar-refractivity contribution in [2.24, 2.45) is 0 Å². The fraction of sp³-hybridized carbons (Fsp3) is 0.200. The van der Waals surface area contributed by atoms with Crippen molar-refractivity contribution in [2.45, 2.75) is 26.8 Å². The molecule has 0 bridgehead atoms. The molecule has 8 heteroatoms. The van der Waals surface area contributed by atoms with Gasteiger partial charge in [0.05, 0.1) is 5.57 Å². The zero-order valence-electron chi connectivity index (χ0n) is 15.7. The summed E-state index contributed by atoms with van der Waals surface area (Å²) in [5.74, 6) is -0.195. The van der Waals surface area contributed by atoms with Crippen molar-refractivity contribution in [2.75, 3.05) is 10.6 Å². The van der Waals surface area contributed by atoms with E-state index in [4.69, 9.17) is 0 Å². The van der Waals surface area contributed by atoms with Crippen LogP contribution in [0.25, 0.3) is 0 Å². The first kappa shape index (κ1) is 17.8. The third-order valence-electron chi connectivity index (χ3n) is 4.77. The smallest absolute Gasteiger partial charge is 0.255 e. The molecule has 2 aromatic carbocycles. The Balaban J connectivity index is 1.76. The Bertz CT molecular complexity index is 1090. The molecule has 0 saturated heterocycles. The van der Waals surface area contributed by atoms with Crippen LogP contribution in [0.5, 0.6) is 0 Å². The Morgan fingerprint density at radius 2 is 1.89 bits per heavy atom. The molecule has 0 fully saturated rings. The van der Waals surface area contributed by atoms with Gasteiger partial charge in [-0.2, -0.15) is 4.68 Å². The minimum atomic E-state index is -0.572. The van der Waals surface area contributed by atoms with Crippen molar-refractivity contribution in [3.8, 4) is 0 Å². The van der Waals surface area contributed by atoms with Gasteiger partial charge in [-0.3, -0.25) is 4.79 Å². The molecule has 2 N–H and O–H groups in total. The number of allylic oxidation sites excluding steroid dienone is 1. The largest absolute Gasteiger partial charge is 0.326 e. The minimum Gasteiger partial charge on any atom is -0.326 e. The first-order valence-electron chi connectivity index (χ1n) is 8.84. The molecule has 1 aromatic heterocycles. The van der Waals surface area contributed by atoms with Crippen LogP contribution in [0.2, 0.25) is 0 Å². The highest BCUT2D eigenvalue weighted by atomic mass is 19.1. The molecule has 0 spiro atoms. The highest BCUT2D eigenvalue weighted by molar-refractivity contribution is 6.06. The summed E-state index contributed by atoms with van der Waals surface area (Å²) in [4.78, 5) is 13.2. The number of amides is 1. The Morgan fingerprint density at radius 1 is 1.14 bits per heavy atom. The van der Waals surface area contributed by atoms with E-state index in [0.717, 1.165) is 16.8 Å². The molecular formula is C20H19FN6O. The molecule has 1 atom stereocenters. The Kier molecular flexibility index (Phi) is 4.38. The second kappa shape index (κ2) is 6.88. The van der Waals surface area contributed by atoms with Gasteiger partial charge in [0.1, 0.15) is 11.9 Å². The van der Waals surface area contributed by atoms with E-state index in [1.165, 1.54) is 16.8 Å². The number of nitrogens with zero attached hydrogens (tertiary/aromatic N) is 4. The Labute approximate surface area is 161 Å². The van der Waals surface area contributed by atoms with Crippen LogP contribution in [0, 0.1) is 19.7 Å². The third-order valence-corrected chi connectivity index (χ3v) is 4.77. The normalized spacial score (nSPS) is 15.8. The summed E-state index contributed by atoms with van der Waals surface area (Å²) in [6.07, 6.45) is 0. The predicted octanol–water partition coefficient (Wildman–Crippen LogP) is 3.36. The van der Waals surface area contributed by atoms with Gasteiger partial charge in [0.15, 0.2) is 0 Å². The summed E-state index contributed by atoms with van der Waals surface area (Å²) in [6, 6.07) is 11.2. The SMILES string of the molecule is CC1=C(C(=O)Nc2ccc(C)cc2C)[C@@H](c2ccc(F)cc2)n2nnnc2N1. The van der Waals surface area contributed by atoms with Gasteiger partial charge >= 0.3 is 0 Å². The lowest BCUT2D eigenvalue weighted by molar-refractivity contribution is -0.113. The second-order valence-electron chi connectivity index (χ2n) is 6.84. The Morgan fingerprint density at radius 3 is 2.61 bits per heavy atom. The number of nitrogens with one attached hydrogen (secondary N) is 2. The standard InChI is InChI=1S/C20H19FN6O/c1-11-4-9-16(12(2)10-11)23-19(28)17-13(3)22-20-24-25-26-27(20)18(17)14-5-7-15(21)8-6-14/h4-10,18H,1-3H3,(H,23,28)(H,22,24,26)/t18-/m1/s1. The molecule has 0 aliphatic carbocycles. The molecule has 1 amide bonds. The lowest BCUT2D eigenvalue weighted by Gasteiger charge is -2.28. The van der Waals surface area contributed by atoms with Crippen LogP contribution in [0.4, 0.5) is 16.0 Å². The highest BCUT2D eigenvalue weighted by Crippen LogP contribution is 2.35. The van der Waals surface area contributed by atoms with Crippen molar-refractivity contribution >= 4 is 17.5 Å². The summed E-state index contributed by atoms with van der Waals surface area (Å²) in [7, 11) is 0. The second-order valence-corrected chi connectivity index (χ2v) is 6.84. The monoisotopic (exact) mass is 378 g/mol. The number of tetrazole rings is 1. The van der Waals surface area contributed by atoms with Gasteiger partial charge in [-0.15, -0.1) is 0 Å². The average molecular weight is 378 g/mol. The quantitative estimate of drug-likeness (QED) is 0.730. The zero-order valence-corrected chi connectivity index (χ0v) is 15.7. The van der Waals surface area contributed by atoms with Crippen LogP contribution in [-0.4, -0.2) is 26.1 Å². The number of hydrogen-bond donors (Lipinski definition) is 2. The number of rotatable bonds is 3. The minimum absolute atomic E-state index is 0.271. The van der Waals surface area contributed by atoms with Gasteiger partial charge in [0.2, 0.25) is 5.95 Å². The number of benzene rings is 2. The van der Waals surface area contributed by atoms with Crippen molar-refractivity contribution in [3.63, 3.8) is 0 Å². The van der Waals surface area contributed by atoms with E-state index in [1.54, 1.807) is 19.1 Å². The van der Waals surface area contributed by atoms with Gasteiger partial charge in [0.25, 0.3) is 5.91 Å². The molecule has 142 valence electrons. The summed E-state index contributed by atoms with van der Waals surface area (Å²) in [5.41, 5.74) is 4.63. The third kappa shape index (κ3) is 3.13. The number of carbonyl (C=O) groups is 1. The van der Waals surface area contributed by atoms with Crippen LogP contribution in [0.15, 0.2) is 53.7 Å². The first-order chi connectivity index (χ1) is 13.4. The van der Waals surface area contributed by atoms with E-state index in [9.17, 15) is 9.18 Å². The van der Waals surface area contributed by atoms with E-state index in [-0.39, 0.29) is 11.7 Å². The summed E-state index contributed by atoms with van der Waals surface area (Å²) in [6.45, 7) is 5.74. The summed E-state index contributed by atoms with van der Waals surface area (Å²) >= 11 is 0. The van der Waals surface area contributed by atoms with Crippen LogP contribution < -0.4 is 10.6 Å². The van der Waals surface area contributed by atoms with Gasteiger partial charge in [-0.25, -0.2) is 4.39 Å². The first-order valence-corrected chi connectivity index (χ1v) is 8.84. The molecule has 7 nitrogen and oxygen atoms in total. The molecule has 2 heterocycles. The van der Waals surface area contributed by atoms with E-state index < -0.39 is 6.04 Å². The number of fused-ring (bicyclic) bond motifs is 1. The molecule has 4 rings (SSSR count). The number of aryl methyl sites for hydroxylation is 2. The number of carbonyl (C=O) groups excluding carboxylic acids is 1. The molecule has 3 aromatic rings. The summed E-state index contributed by atoms with van der Waals surface area (Å²) < 4.78 is 15.0. The van der Waals surface area contributed by atoms with Gasteiger partial charge in [0, 0.05) is 11.4 Å². The maximum Gasteiger partial charge on any atom is 0.255 e. The zero-order chi connectivity index (χ0) is 19.8. The predicted molar refractivity (Wildman–Crippen MR) is 103 cm³/mol. The van der Waals surface area contributed by atoms with Gasteiger partial charge in [-0.05, 0) is 60.5 Å². The van der Waals surface area contributed by atoms with Crippen LogP contribution >= 0.6 is 0 Å². The lowest BCUT2D eigenvalue weighted by atomic mass is 9.95. The molecule has 0 saturated carbocycles. The molecular weight excluding hydrogens is 359 g/mol. The van der Waals surface area contributed by atoms with Crippen molar-refractivity contribution in [1.29, 1.82) is 0 Å². The topological polar surface area (TPSA) is 84.7 Å². The number of anilines is 2. The van der Waals surface area contributed by atoms with E-state index >= 15 is 0 Å². The number of aromatic nitrogens is 4. The van der Waals surface area contributed by atoms with Crippen molar-refractivity contribution in [1.82, 2.24) is 20.2 Å². The Hall–Kier alpha value is -3.55. The van der Waals surface area contributed by atoms with E-state index in [2.05, 4.69) is 26.2 Å². The van der Waals surface area contributed by atoms with Gasteiger partial charge < -0.3 is 10.6 Å². The summed E-state index contributed by atoms with van der Waals surface area (Å²) in [5, 5.41) is 17.7. The van der Waals surface area contributed by atoms with Crippen LogP contribution in [-0.2, 0) is 4.79 Å². The van der Waals surface area contributed by atoms with Crippen LogP contribution in [0.3, 0.4) is 0 Å². The van der Waals surface area contributed by atoms with E-state index in [0.29, 0.717) is 22.8 Å². The average Bonchev–Trinajstić information content (AvgIpc) is 3.11. The highest BCUT2D eigenvalue weighted by Gasteiger charge is 2.34.